The highest BCUT2D eigenvalue weighted by molar-refractivity contribution is 5.87. The van der Waals surface area contributed by atoms with Gasteiger partial charge in [-0.2, -0.15) is 5.10 Å². The van der Waals surface area contributed by atoms with Gasteiger partial charge in [-0.25, -0.2) is 14.4 Å². The van der Waals surface area contributed by atoms with Gasteiger partial charge in [-0.15, -0.1) is 0 Å². The smallest absolute Gasteiger partial charge is 0.314 e. The maximum absolute atomic E-state index is 13.2. The molecule has 0 amide bonds. The summed E-state index contributed by atoms with van der Waals surface area (Å²) in [5.41, 5.74) is -0.224. The Hall–Kier alpha value is -3.07. The van der Waals surface area contributed by atoms with Gasteiger partial charge < -0.3 is 15.1 Å². The molecular formula is C18H18FN5O3. The van der Waals surface area contributed by atoms with Crippen molar-refractivity contribution in [2.24, 2.45) is 5.41 Å². The maximum Gasteiger partial charge on any atom is 0.314 e. The number of aliphatic hydroxyl groups is 1. The summed E-state index contributed by atoms with van der Waals surface area (Å²) >= 11 is 0. The van der Waals surface area contributed by atoms with E-state index < -0.39 is 23.3 Å². The number of hydrogen-bond acceptors (Lipinski definition) is 6. The van der Waals surface area contributed by atoms with Crippen LogP contribution in [0, 0.1) is 11.2 Å². The number of nitrogens with one attached hydrogen (secondary N) is 1. The fraction of sp³-hybridized carbons (Fsp3) is 0.333. The lowest BCUT2D eigenvalue weighted by Gasteiger charge is -2.44. The molecule has 4 rings (SSSR count). The number of piperidine rings is 1. The Morgan fingerprint density at radius 1 is 1.33 bits per heavy atom. The van der Waals surface area contributed by atoms with Gasteiger partial charge in [0.2, 0.25) is 0 Å². The van der Waals surface area contributed by atoms with E-state index in [9.17, 15) is 19.4 Å². The number of hydrogen-bond donors (Lipinski definition) is 3. The number of H-pyrrole nitrogens is 1. The van der Waals surface area contributed by atoms with E-state index in [4.69, 9.17) is 0 Å². The second kappa shape index (κ2) is 6.58. The minimum atomic E-state index is -1.43. The molecule has 0 radical (unpaired) electrons. The summed E-state index contributed by atoms with van der Waals surface area (Å²) in [7, 11) is 0. The molecule has 3 N–H and O–H groups in total. The minimum absolute atomic E-state index is 0.0676. The van der Waals surface area contributed by atoms with Crippen molar-refractivity contribution in [2.45, 2.75) is 18.9 Å². The van der Waals surface area contributed by atoms with Crippen LogP contribution in [0.2, 0.25) is 0 Å². The number of anilines is 1. The van der Waals surface area contributed by atoms with E-state index in [0.717, 1.165) is 0 Å². The molecule has 1 aliphatic rings. The van der Waals surface area contributed by atoms with Gasteiger partial charge >= 0.3 is 5.97 Å². The lowest BCUT2D eigenvalue weighted by molar-refractivity contribution is -0.157. The van der Waals surface area contributed by atoms with Crippen molar-refractivity contribution in [1.29, 1.82) is 0 Å². The molecule has 1 aromatic carbocycles. The van der Waals surface area contributed by atoms with Gasteiger partial charge in [0.1, 0.15) is 23.4 Å². The van der Waals surface area contributed by atoms with E-state index in [1.54, 1.807) is 18.3 Å². The number of carboxylic acids is 1. The van der Waals surface area contributed by atoms with Crippen molar-refractivity contribution in [3.05, 3.63) is 48.2 Å². The van der Waals surface area contributed by atoms with Gasteiger partial charge in [0.15, 0.2) is 5.65 Å². The van der Waals surface area contributed by atoms with E-state index in [2.05, 4.69) is 20.2 Å². The van der Waals surface area contributed by atoms with Crippen molar-refractivity contribution in [3.63, 3.8) is 0 Å². The van der Waals surface area contributed by atoms with Crippen molar-refractivity contribution in [3.8, 4) is 0 Å². The number of nitrogens with zero attached hydrogens (tertiary/aromatic N) is 4. The van der Waals surface area contributed by atoms with Crippen LogP contribution in [0.5, 0.6) is 0 Å². The normalized spacial score (nSPS) is 22.9. The summed E-state index contributed by atoms with van der Waals surface area (Å²) in [5.74, 6) is -0.913. The third kappa shape index (κ3) is 2.99. The summed E-state index contributed by atoms with van der Waals surface area (Å²) in [5, 5.41) is 28.0. The molecule has 0 saturated carbocycles. The number of carboxylic acid groups (broad SMARTS) is 1. The Balaban J connectivity index is 1.71. The minimum Gasteiger partial charge on any atom is -0.481 e. The fourth-order valence-corrected chi connectivity index (χ4v) is 3.69. The molecule has 1 fully saturated rings. The van der Waals surface area contributed by atoms with Crippen LogP contribution in [-0.2, 0) is 11.2 Å². The third-order valence-electron chi connectivity index (χ3n) is 5.17. The average molecular weight is 371 g/mol. The van der Waals surface area contributed by atoms with E-state index >= 15 is 0 Å². The average Bonchev–Trinajstić information content (AvgIpc) is 3.14. The highest BCUT2D eigenvalue weighted by Crippen LogP contribution is 2.37. The zero-order chi connectivity index (χ0) is 19.0. The van der Waals surface area contributed by atoms with Gasteiger partial charge in [-0.3, -0.25) is 9.89 Å². The Labute approximate surface area is 153 Å². The van der Waals surface area contributed by atoms with Gasteiger partial charge in [-0.1, -0.05) is 12.1 Å². The highest BCUT2D eigenvalue weighted by Gasteiger charge is 2.49. The Bertz CT molecular complexity index is 977. The third-order valence-corrected chi connectivity index (χ3v) is 5.17. The number of halogens is 1. The largest absolute Gasteiger partial charge is 0.481 e. The van der Waals surface area contributed by atoms with Crippen LogP contribution < -0.4 is 4.90 Å². The zero-order valence-electron chi connectivity index (χ0n) is 14.3. The molecule has 27 heavy (non-hydrogen) atoms. The van der Waals surface area contributed by atoms with Crippen molar-refractivity contribution in [1.82, 2.24) is 20.2 Å². The lowest BCUT2D eigenvalue weighted by Crippen LogP contribution is -2.57. The van der Waals surface area contributed by atoms with Crippen molar-refractivity contribution in [2.75, 3.05) is 18.0 Å². The Morgan fingerprint density at radius 3 is 2.85 bits per heavy atom. The van der Waals surface area contributed by atoms with Crippen molar-refractivity contribution >= 4 is 22.8 Å². The Kier molecular flexibility index (Phi) is 4.23. The molecule has 8 nitrogen and oxygen atoms in total. The molecule has 140 valence electrons. The Morgan fingerprint density at radius 2 is 2.11 bits per heavy atom. The summed E-state index contributed by atoms with van der Waals surface area (Å²) < 4.78 is 13.2. The van der Waals surface area contributed by atoms with E-state index in [1.807, 2.05) is 4.90 Å². The van der Waals surface area contributed by atoms with Crippen molar-refractivity contribution < 1.29 is 19.4 Å². The van der Waals surface area contributed by atoms with Crippen LogP contribution in [0.25, 0.3) is 11.0 Å². The first-order valence-corrected chi connectivity index (χ1v) is 8.54. The number of rotatable bonds is 4. The number of aromatic nitrogens is 4. The molecule has 1 aliphatic heterocycles. The second-order valence-electron chi connectivity index (χ2n) is 6.82. The van der Waals surface area contributed by atoms with Crippen LogP contribution in [0.3, 0.4) is 0 Å². The maximum atomic E-state index is 13.2. The fourth-order valence-electron chi connectivity index (χ4n) is 3.69. The zero-order valence-corrected chi connectivity index (χ0v) is 14.3. The standard InChI is InChI=1S/C18H18FN5O3/c19-12-3-1-11(2-4-12)7-18(17(26)27)9-24(6-5-14(18)25)16-13-8-22-23-15(13)20-10-21-16/h1-4,8,10,14,25H,5-7,9H2,(H,26,27)(H,20,21,22,23)/t14-,18-/m1/s1. The van der Waals surface area contributed by atoms with Crippen LogP contribution >= 0.6 is 0 Å². The van der Waals surface area contributed by atoms with Crippen LogP contribution in [0.15, 0.2) is 36.8 Å². The van der Waals surface area contributed by atoms with Gasteiger partial charge in [-0.05, 0) is 30.5 Å². The topological polar surface area (TPSA) is 115 Å². The number of fused-ring (bicyclic) bond motifs is 1. The second-order valence-corrected chi connectivity index (χ2v) is 6.82. The molecule has 3 heterocycles. The van der Waals surface area contributed by atoms with Gasteiger partial charge in [0, 0.05) is 13.1 Å². The summed E-state index contributed by atoms with van der Waals surface area (Å²) in [6.45, 7) is 0.523. The number of aliphatic carboxylic acids is 1. The quantitative estimate of drug-likeness (QED) is 0.634. The molecule has 2 atom stereocenters. The van der Waals surface area contributed by atoms with E-state index in [0.29, 0.717) is 29.0 Å². The molecule has 0 aliphatic carbocycles. The summed E-state index contributed by atoms with van der Waals surface area (Å²) in [6, 6.07) is 5.67. The number of carbonyl (C=O) groups is 1. The number of aliphatic hydroxyl groups excluding tert-OH is 1. The lowest BCUT2D eigenvalue weighted by atomic mass is 9.73. The van der Waals surface area contributed by atoms with Crippen LogP contribution in [0.4, 0.5) is 10.2 Å². The summed E-state index contributed by atoms with van der Waals surface area (Å²) in [4.78, 5) is 22.5. The number of benzene rings is 1. The molecular weight excluding hydrogens is 353 g/mol. The molecule has 2 aromatic heterocycles. The van der Waals surface area contributed by atoms with Crippen LogP contribution in [-0.4, -0.2) is 55.5 Å². The highest BCUT2D eigenvalue weighted by atomic mass is 19.1. The monoisotopic (exact) mass is 371 g/mol. The predicted molar refractivity (Wildman–Crippen MR) is 94.7 cm³/mol. The SMILES string of the molecule is O=C(O)[C@]1(Cc2ccc(F)cc2)CN(c2ncnc3[nH]ncc23)CC[C@H]1O. The first kappa shape index (κ1) is 17.3. The molecule has 0 spiro atoms. The van der Waals surface area contributed by atoms with E-state index in [1.165, 1.54) is 18.5 Å². The number of aromatic amines is 1. The molecule has 9 heteroatoms. The molecule has 1 saturated heterocycles. The first-order valence-electron chi connectivity index (χ1n) is 8.54. The molecule has 3 aromatic rings. The van der Waals surface area contributed by atoms with Gasteiger partial charge in [0.05, 0.1) is 17.7 Å². The predicted octanol–water partition coefficient (Wildman–Crippen LogP) is 1.38. The molecule has 0 unspecified atom stereocenters. The van der Waals surface area contributed by atoms with Crippen LogP contribution in [0.1, 0.15) is 12.0 Å². The first-order chi connectivity index (χ1) is 13.0. The molecule has 0 bridgehead atoms. The van der Waals surface area contributed by atoms with Gasteiger partial charge in [0.25, 0.3) is 0 Å². The van der Waals surface area contributed by atoms with E-state index in [-0.39, 0.29) is 19.4 Å². The summed E-state index contributed by atoms with van der Waals surface area (Å²) in [6.07, 6.45) is 2.32.